The van der Waals surface area contributed by atoms with Crippen molar-refractivity contribution in [1.82, 2.24) is 10.2 Å². The van der Waals surface area contributed by atoms with Gasteiger partial charge in [-0.25, -0.2) is 0 Å². The van der Waals surface area contributed by atoms with Crippen LogP contribution >= 0.6 is 0 Å². The molecule has 2 rings (SSSR count). The minimum Gasteiger partial charge on any atom is -0.299 e. The molecule has 0 saturated carbocycles. The molecule has 0 aliphatic carbocycles. The SMILES string of the molecule is CCC(=O)Cc1nnc(C)c2ccccc12. The van der Waals surface area contributed by atoms with Gasteiger partial charge in [-0.3, -0.25) is 4.79 Å². The van der Waals surface area contributed by atoms with E-state index in [4.69, 9.17) is 0 Å². The van der Waals surface area contributed by atoms with E-state index in [9.17, 15) is 4.79 Å². The van der Waals surface area contributed by atoms with E-state index in [-0.39, 0.29) is 5.78 Å². The van der Waals surface area contributed by atoms with Gasteiger partial charge in [0.1, 0.15) is 5.78 Å². The number of aromatic nitrogens is 2. The van der Waals surface area contributed by atoms with E-state index < -0.39 is 0 Å². The molecule has 0 N–H and O–H groups in total. The van der Waals surface area contributed by atoms with Gasteiger partial charge in [0, 0.05) is 17.2 Å². The van der Waals surface area contributed by atoms with E-state index >= 15 is 0 Å². The van der Waals surface area contributed by atoms with Crippen LogP contribution in [0.25, 0.3) is 10.8 Å². The summed E-state index contributed by atoms with van der Waals surface area (Å²) in [6, 6.07) is 7.94. The lowest BCUT2D eigenvalue weighted by atomic mass is 10.1. The van der Waals surface area contributed by atoms with Crippen LogP contribution in [-0.4, -0.2) is 16.0 Å². The molecule has 0 aliphatic rings. The molecular weight excluding hydrogens is 200 g/mol. The molecule has 1 heterocycles. The lowest BCUT2D eigenvalue weighted by molar-refractivity contribution is -0.118. The number of hydrogen-bond donors (Lipinski definition) is 0. The third kappa shape index (κ3) is 1.94. The summed E-state index contributed by atoms with van der Waals surface area (Å²) >= 11 is 0. The minimum absolute atomic E-state index is 0.198. The molecule has 0 amide bonds. The highest BCUT2D eigenvalue weighted by molar-refractivity contribution is 5.90. The van der Waals surface area contributed by atoms with Gasteiger partial charge >= 0.3 is 0 Å². The Bertz CT molecular complexity index is 534. The third-order valence-electron chi connectivity index (χ3n) is 2.71. The van der Waals surface area contributed by atoms with Crippen LogP contribution in [0.15, 0.2) is 24.3 Å². The second-order valence-electron chi connectivity index (χ2n) is 3.85. The third-order valence-corrected chi connectivity index (χ3v) is 2.71. The van der Waals surface area contributed by atoms with E-state index in [0.29, 0.717) is 12.8 Å². The van der Waals surface area contributed by atoms with Crippen molar-refractivity contribution in [3.05, 3.63) is 35.7 Å². The molecular formula is C13H14N2O. The first-order valence-corrected chi connectivity index (χ1v) is 5.45. The number of carbonyl (C=O) groups excluding carboxylic acids is 1. The largest absolute Gasteiger partial charge is 0.299 e. The average molecular weight is 214 g/mol. The zero-order valence-corrected chi connectivity index (χ0v) is 9.53. The van der Waals surface area contributed by atoms with E-state index in [1.54, 1.807) is 0 Å². The van der Waals surface area contributed by atoms with E-state index in [1.807, 2.05) is 38.1 Å². The zero-order chi connectivity index (χ0) is 11.5. The van der Waals surface area contributed by atoms with Gasteiger partial charge in [0.15, 0.2) is 0 Å². The van der Waals surface area contributed by atoms with Gasteiger partial charge in [-0.15, -0.1) is 0 Å². The number of fused-ring (bicyclic) bond motifs is 1. The molecule has 1 aromatic carbocycles. The van der Waals surface area contributed by atoms with Crippen LogP contribution in [-0.2, 0) is 11.2 Å². The molecule has 2 aromatic rings. The Morgan fingerprint density at radius 1 is 1.19 bits per heavy atom. The van der Waals surface area contributed by atoms with E-state index in [2.05, 4.69) is 10.2 Å². The fourth-order valence-corrected chi connectivity index (χ4v) is 1.74. The first kappa shape index (κ1) is 10.7. The van der Waals surface area contributed by atoms with Crippen molar-refractivity contribution in [2.45, 2.75) is 26.7 Å². The van der Waals surface area contributed by atoms with Gasteiger partial charge in [0.25, 0.3) is 0 Å². The number of carbonyl (C=O) groups is 1. The number of rotatable bonds is 3. The van der Waals surface area contributed by atoms with Gasteiger partial charge in [-0.1, -0.05) is 31.2 Å². The number of benzene rings is 1. The summed E-state index contributed by atoms with van der Waals surface area (Å²) in [4.78, 5) is 11.4. The molecule has 0 aliphatic heterocycles. The molecule has 0 fully saturated rings. The van der Waals surface area contributed by atoms with Crippen molar-refractivity contribution >= 4 is 16.6 Å². The molecule has 82 valence electrons. The van der Waals surface area contributed by atoms with Crippen molar-refractivity contribution < 1.29 is 4.79 Å². The van der Waals surface area contributed by atoms with E-state index in [1.165, 1.54) is 0 Å². The summed E-state index contributed by atoms with van der Waals surface area (Å²) in [7, 11) is 0. The predicted molar refractivity (Wildman–Crippen MR) is 63.3 cm³/mol. The highest BCUT2D eigenvalue weighted by Gasteiger charge is 2.09. The van der Waals surface area contributed by atoms with Crippen LogP contribution in [0.5, 0.6) is 0 Å². The molecule has 3 nitrogen and oxygen atoms in total. The molecule has 16 heavy (non-hydrogen) atoms. The van der Waals surface area contributed by atoms with Crippen molar-refractivity contribution in [1.29, 1.82) is 0 Å². The average Bonchev–Trinajstić information content (AvgIpc) is 2.33. The second-order valence-corrected chi connectivity index (χ2v) is 3.85. The Morgan fingerprint density at radius 2 is 1.88 bits per heavy atom. The quantitative estimate of drug-likeness (QED) is 0.788. The first-order valence-electron chi connectivity index (χ1n) is 5.45. The normalized spacial score (nSPS) is 10.6. The molecule has 3 heteroatoms. The van der Waals surface area contributed by atoms with Gasteiger partial charge in [-0.05, 0) is 6.92 Å². The molecule has 0 saturated heterocycles. The Labute approximate surface area is 94.5 Å². The monoisotopic (exact) mass is 214 g/mol. The van der Waals surface area contributed by atoms with E-state index in [0.717, 1.165) is 22.2 Å². The van der Waals surface area contributed by atoms with Gasteiger partial charge in [0.2, 0.25) is 0 Å². The number of ketones is 1. The lowest BCUT2D eigenvalue weighted by Gasteiger charge is -2.05. The van der Waals surface area contributed by atoms with Gasteiger partial charge in [0.05, 0.1) is 17.8 Å². The van der Waals surface area contributed by atoms with Crippen LogP contribution in [0.3, 0.4) is 0 Å². The summed E-state index contributed by atoms with van der Waals surface area (Å²) < 4.78 is 0. The highest BCUT2D eigenvalue weighted by atomic mass is 16.1. The predicted octanol–water partition coefficient (Wildman–Crippen LogP) is 2.46. The first-order chi connectivity index (χ1) is 7.72. The van der Waals surface area contributed by atoms with Crippen LogP contribution in [0.2, 0.25) is 0 Å². The number of Topliss-reactive ketones (excluding diaryl/α,β-unsaturated/α-hetero) is 1. The zero-order valence-electron chi connectivity index (χ0n) is 9.53. The summed E-state index contributed by atoms with van der Waals surface area (Å²) in [5.74, 6) is 0.198. The maximum atomic E-state index is 11.4. The van der Waals surface area contributed by atoms with Crippen LogP contribution in [0, 0.1) is 6.92 Å². The maximum absolute atomic E-state index is 11.4. The lowest BCUT2D eigenvalue weighted by Crippen LogP contribution is -2.05. The summed E-state index contributed by atoms with van der Waals surface area (Å²) in [5.41, 5.74) is 1.69. The number of hydrogen-bond acceptors (Lipinski definition) is 3. The fourth-order valence-electron chi connectivity index (χ4n) is 1.74. The fraction of sp³-hybridized carbons (Fsp3) is 0.308. The Morgan fingerprint density at radius 3 is 2.56 bits per heavy atom. The number of aryl methyl sites for hydroxylation is 1. The van der Waals surface area contributed by atoms with Crippen LogP contribution in [0.1, 0.15) is 24.7 Å². The van der Waals surface area contributed by atoms with Crippen molar-refractivity contribution in [2.75, 3.05) is 0 Å². The summed E-state index contributed by atoms with van der Waals surface area (Å²) in [6.07, 6.45) is 0.925. The Kier molecular flexibility index (Phi) is 2.95. The topological polar surface area (TPSA) is 42.9 Å². The second kappa shape index (κ2) is 4.39. The summed E-state index contributed by atoms with van der Waals surface area (Å²) in [6.45, 7) is 3.80. The molecule has 1 aromatic heterocycles. The van der Waals surface area contributed by atoms with Gasteiger partial charge < -0.3 is 0 Å². The minimum atomic E-state index is 0.198. The molecule has 0 spiro atoms. The molecule has 0 bridgehead atoms. The van der Waals surface area contributed by atoms with Crippen molar-refractivity contribution in [3.8, 4) is 0 Å². The molecule has 0 unspecified atom stereocenters. The summed E-state index contributed by atoms with van der Waals surface area (Å²) in [5, 5.41) is 10.3. The maximum Gasteiger partial charge on any atom is 0.138 e. The van der Waals surface area contributed by atoms with Crippen molar-refractivity contribution in [3.63, 3.8) is 0 Å². The highest BCUT2D eigenvalue weighted by Crippen LogP contribution is 2.19. The molecule has 0 atom stereocenters. The van der Waals surface area contributed by atoms with Gasteiger partial charge in [-0.2, -0.15) is 10.2 Å². The Hall–Kier alpha value is -1.77. The Balaban J connectivity index is 2.54. The van der Waals surface area contributed by atoms with Crippen LogP contribution in [0.4, 0.5) is 0 Å². The molecule has 0 radical (unpaired) electrons. The smallest absolute Gasteiger partial charge is 0.138 e. The van der Waals surface area contributed by atoms with Crippen molar-refractivity contribution in [2.24, 2.45) is 0 Å². The van der Waals surface area contributed by atoms with Crippen LogP contribution < -0.4 is 0 Å². The number of nitrogens with zero attached hydrogens (tertiary/aromatic N) is 2. The standard InChI is InChI=1S/C13H14N2O/c1-3-10(16)8-13-12-7-5-4-6-11(12)9(2)14-15-13/h4-7H,3,8H2,1-2H3.